The fourth-order valence-electron chi connectivity index (χ4n) is 2.83. The van der Waals surface area contributed by atoms with Crippen LogP contribution in [0, 0.1) is 0 Å². The lowest BCUT2D eigenvalue weighted by Gasteiger charge is -2.36. The minimum Gasteiger partial charge on any atom is -0.392 e. The van der Waals surface area contributed by atoms with Gasteiger partial charge in [0.15, 0.2) is 0 Å². The van der Waals surface area contributed by atoms with Crippen LogP contribution in [-0.4, -0.2) is 22.7 Å². The lowest BCUT2D eigenvalue weighted by Crippen LogP contribution is -2.37. The first-order valence-electron chi connectivity index (χ1n) is 6.67. The second kappa shape index (κ2) is 6.01. The van der Waals surface area contributed by atoms with Gasteiger partial charge in [-0.25, -0.2) is 0 Å². The van der Waals surface area contributed by atoms with Crippen LogP contribution in [0.15, 0.2) is 18.5 Å². The predicted octanol–water partition coefficient (Wildman–Crippen LogP) is 2.73. The van der Waals surface area contributed by atoms with Gasteiger partial charge >= 0.3 is 0 Å². The van der Waals surface area contributed by atoms with Crippen LogP contribution in [0.1, 0.15) is 44.6 Å². The zero-order valence-corrected chi connectivity index (χ0v) is 10.6. The number of nitrogens with zero attached hydrogens (tertiary/aromatic N) is 2. The topological polar surface area (TPSA) is 36.4 Å². The summed E-state index contributed by atoms with van der Waals surface area (Å²) in [4.78, 5) is 6.62. The van der Waals surface area contributed by atoms with Crippen LogP contribution in [0.3, 0.4) is 0 Å². The van der Waals surface area contributed by atoms with E-state index in [4.69, 9.17) is 0 Å². The van der Waals surface area contributed by atoms with Crippen LogP contribution in [-0.2, 0) is 6.61 Å². The minimum absolute atomic E-state index is 0.0983. The van der Waals surface area contributed by atoms with Gasteiger partial charge in [0.2, 0.25) is 0 Å². The van der Waals surface area contributed by atoms with E-state index in [1.165, 1.54) is 32.1 Å². The number of hydrogen-bond acceptors (Lipinski definition) is 3. The summed E-state index contributed by atoms with van der Waals surface area (Å²) in [6.45, 7) is 3.27. The minimum atomic E-state index is 0.0983. The van der Waals surface area contributed by atoms with Gasteiger partial charge < -0.3 is 10.0 Å². The SMILES string of the molecule is CCN(c1cnccc1CO)C1CCCCC1. The fourth-order valence-corrected chi connectivity index (χ4v) is 2.83. The van der Waals surface area contributed by atoms with Gasteiger partial charge in [-0.3, -0.25) is 4.98 Å². The van der Waals surface area contributed by atoms with E-state index >= 15 is 0 Å². The largest absolute Gasteiger partial charge is 0.392 e. The van der Waals surface area contributed by atoms with Crippen molar-refractivity contribution in [2.75, 3.05) is 11.4 Å². The molecule has 2 rings (SSSR count). The molecule has 0 aromatic carbocycles. The summed E-state index contributed by atoms with van der Waals surface area (Å²) in [5.74, 6) is 0. The molecule has 0 spiro atoms. The van der Waals surface area contributed by atoms with Gasteiger partial charge in [0.25, 0.3) is 0 Å². The maximum atomic E-state index is 9.41. The first-order valence-corrected chi connectivity index (χ1v) is 6.67. The van der Waals surface area contributed by atoms with Crippen molar-refractivity contribution in [2.45, 2.75) is 51.7 Å². The maximum absolute atomic E-state index is 9.41. The Hall–Kier alpha value is -1.09. The van der Waals surface area contributed by atoms with Gasteiger partial charge in [-0.2, -0.15) is 0 Å². The number of aliphatic hydroxyl groups is 1. The molecule has 0 aliphatic heterocycles. The Bertz CT molecular complexity index is 348. The second-order valence-corrected chi connectivity index (χ2v) is 4.74. The van der Waals surface area contributed by atoms with Crippen LogP contribution < -0.4 is 4.90 Å². The van der Waals surface area contributed by atoms with Gasteiger partial charge in [0.1, 0.15) is 0 Å². The quantitative estimate of drug-likeness (QED) is 0.870. The van der Waals surface area contributed by atoms with Crippen LogP contribution >= 0.6 is 0 Å². The summed E-state index contributed by atoms with van der Waals surface area (Å²) >= 11 is 0. The molecule has 1 fully saturated rings. The molecule has 0 bridgehead atoms. The average Bonchev–Trinajstić information content (AvgIpc) is 2.41. The van der Waals surface area contributed by atoms with Gasteiger partial charge in [0, 0.05) is 24.3 Å². The Morgan fingerprint density at radius 2 is 2.12 bits per heavy atom. The smallest absolute Gasteiger partial charge is 0.0703 e. The zero-order chi connectivity index (χ0) is 12.1. The highest BCUT2D eigenvalue weighted by Gasteiger charge is 2.21. The maximum Gasteiger partial charge on any atom is 0.0703 e. The molecular weight excluding hydrogens is 212 g/mol. The van der Waals surface area contributed by atoms with Crippen molar-refractivity contribution >= 4 is 5.69 Å². The zero-order valence-electron chi connectivity index (χ0n) is 10.6. The van der Waals surface area contributed by atoms with Crippen molar-refractivity contribution in [2.24, 2.45) is 0 Å². The number of anilines is 1. The normalized spacial score (nSPS) is 17.1. The molecule has 0 amide bonds. The van der Waals surface area contributed by atoms with E-state index in [0.717, 1.165) is 17.8 Å². The highest BCUT2D eigenvalue weighted by Crippen LogP contribution is 2.28. The van der Waals surface area contributed by atoms with E-state index in [1.54, 1.807) is 6.20 Å². The third-order valence-corrected chi connectivity index (χ3v) is 3.72. The molecule has 3 heteroatoms. The highest BCUT2D eigenvalue weighted by atomic mass is 16.3. The molecule has 0 unspecified atom stereocenters. The van der Waals surface area contributed by atoms with Crippen molar-refractivity contribution < 1.29 is 5.11 Å². The van der Waals surface area contributed by atoms with E-state index in [-0.39, 0.29) is 6.61 Å². The average molecular weight is 234 g/mol. The number of pyridine rings is 1. The van der Waals surface area contributed by atoms with Gasteiger partial charge in [-0.15, -0.1) is 0 Å². The van der Waals surface area contributed by atoms with Crippen LogP contribution in [0.2, 0.25) is 0 Å². The highest BCUT2D eigenvalue weighted by molar-refractivity contribution is 5.52. The van der Waals surface area contributed by atoms with Crippen LogP contribution in [0.4, 0.5) is 5.69 Å². The summed E-state index contributed by atoms with van der Waals surface area (Å²) in [6.07, 6.45) is 10.2. The standard InChI is InChI=1S/C14H22N2O/c1-2-16(13-6-4-3-5-7-13)14-10-15-9-8-12(14)11-17/h8-10,13,17H,2-7,11H2,1H3. The summed E-state index contributed by atoms with van der Waals surface area (Å²) in [5.41, 5.74) is 2.11. The lowest BCUT2D eigenvalue weighted by molar-refractivity contribution is 0.281. The van der Waals surface area contributed by atoms with E-state index in [9.17, 15) is 5.11 Å². The first-order chi connectivity index (χ1) is 8.36. The molecule has 94 valence electrons. The Kier molecular flexibility index (Phi) is 4.37. The Morgan fingerprint density at radius 3 is 2.76 bits per heavy atom. The van der Waals surface area contributed by atoms with Gasteiger partial charge in [-0.05, 0) is 25.8 Å². The third kappa shape index (κ3) is 2.78. The van der Waals surface area contributed by atoms with Crippen molar-refractivity contribution in [3.05, 3.63) is 24.0 Å². The molecule has 0 saturated heterocycles. The Balaban J connectivity index is 2.21. The molecule has 3 nitrogen and oxygen atoms in total. The number of aliphatic hydroxyl groups excluding tert-OH is 1. The predicted molar refractivity (Wildman–Crippen MR) is 70.1 cm³/mol. The molecule has 0 atom stereocenters. The van der Waals surface area contributed by atoms with Crippen molar-refractivity contribution in [1.29, 1.82) is 0 Å². The van der Waals surface area contributed by atoms with E-state index < -0.39 is 0 Å². The third-order valence-electron chi connectivity index (χ3n) is 3.72. The summed E-state index contributed by atoms with van der Waals surface area (Å²) < 4.78 is 0. The summed E-state index contributed by atoms with van der Waals surface area (Å²) in [6, 6.07) is 2.55. The molecule has 0 radical (unpaired) electrons. The molecule has 1 aromatic rings. The summed E-state index contributed by atoms with van der Waals surface area (Å²) in [5, 5.41) is 9.41. The molecule has 1 saturated carbocycles. The molecule has 17 heavy (non-hydrogen) atoms. The molecule has 1 N–H and O–H groups in total. The summed E-state index contributed by atoms with van der Waals surface area (Å²) in [7, 11) is 0. The van der Waals surface area contributed by atoms with Crippen molar-refractivity contribution in [3.8, 4) is 0 Å². The van der Waals surface area contributed by atoms with Gasteiger partial charge in [-0.1, -0.05) is 19.3 Å². The molecule has 1 aliphatic carbocycles. The molecular formula is C14H22N2O. The molecule has 1 aromatic heterocycles. The molecule has 1 aliphatic rings. The second-order valence-electron chi connectivity index (χ2n) is 4.74. The Labute approximate surface area is 103 Å². The number of rotatable bonds is 4. The monoisotopic (exact) mass is 234 g/mol. The van der Waals surface area contributed by atoms with Crippen molar-refractivity contribution in [1.82, 2.24) is 4.98 Å². The van der Waals surface area contributed by atoms with E-state index in [0.29, 0.717) is 6.04 Å². The van der Waals surface area contributed by atoms with Crippen LogP contribution in [0.25, 0.3) is 0 Å². The van der Waals surface area contributed by atoms with E-state index in [2.05, 4.69) is 16.8 Å². The number of aromatic nitrogens is 1. The van der Waals surface area contributed by atoms with Crippen LogP contribution in [0.5, 0.6) is 0 Å². The first kappa shape index (κ1) is 12.4. The fraction of sp³-hybridized carbons (Fsp3) is 0.643. The van der Waals surface area contributed by atoms with E-state index in [1.807, 2.05) is 12.3 Å². The lowest BCUT2D eigenvalue weighted by atomic mass is 9.93. The molecule has 1 heterocycles. The van der Waals surface area contributed by atoms with Gasteiger partial charge in [0.05, 0.1) is 18.5 Å². The van der Waals surface area contributed by atoms with Crippen molar-refractivity contribution in [3.63, 3.8) is 0 Å². The number of hydrogen-bond donors (Lipinski definition) is 1. The Morgan fingerprint density at radius 1 is 1.35 bits per heavy atom.